The molecule has 2 heterocycles. The number of aryl methyl sites for hydroxylation is 2. The summed E-state index contributed by atoms with van der Waals surface area (Å²) in [7, 11) is 0. The molecule has 0 aliphatic carbocycles. The maximum Gasteiger partial charge on any atom is 0.227 e. The molecule has 0 saturated carbocycles. The van der Waals surface area contributed by atoms with Crippen molar-refractivity contribution in [1.29, 1.82) is 0 Å². The molecule has 0 bridgehead atoms. The summed E-state index contributed by atoms with van der Waals surface area (Å²) in [5.41, 5.74) is 4.91. The Morgan fingerprint density at radius 1 is 1.27 bits per heavy atom. The number of nitrogens with one attached hydrogen (secondary N) is 3. The average Bonchev–Trinajstić information content (AvgIpc) is 3.41. The van der Waals surface area contributed by atoms with E-state index < -0.39 is 5.82 Å². The highest BCUT2D eigenvalue weighted by atomic mass is 35.5. The second kappa shape index (κ2) is 9.93. The summed E-state index contributed by atoms with van der Waals surface area (Å²) in [6.45, 7) is 7.43. The number of rotatable bonds is 7. The zero-order valence-electron chi connectivity index (χ0n) is 19.0. The molecule has 1 aliphatic rings. The van der Waals surface area contributed by atoms with Gasteiger partial charge < -0.3 is 20.5 Å². The molecular weight excluding hydrogens is 443 g/mol. The van der Waals surface area contributed by atoms with Gasteiger partial charge in [0.15, 0.2) is 0 Å². The molecular formula is C25H28ClFN4O2. The normalized spacial score (nSPS) is 16.6. The largest absolute Gasteiger partial charge is 0.379 e. The van der Waals surface area contributed by atoms with Crippen LogP contribution in [0, 0.1) is 25.6 Å². The van der Waals surface area contributed by atoms with E-state index in [-0.39, 0.29) is 16.8 Å². The Labute approximate surface area is 197 Å². The summed E-state index contributed by atoms with van der Waals surface area (Å²) >= 11 is 5.78. The molecule has 2 unspecified atom stereocenters. The van der Waals surface area contributed by atoms with Crippen LogP contribution >= 0.6 is 11.6 Å². The molecule has 2 atom stereocenters. The summed E-state index contributed by atoms with van der Waals surface area (Å²) < 4.78 is 19.1. The lowest BCUT2D eigenvalue weighted by molar-refractivity contribution is -0.119. The molecule has 4 rings (SSSR count). The van der Waals surface area contributed by atoms with Crippen molar-refractivity contribution < 1.29 is 13.7 Å². The lowest BCUT2D eigenvalue weighted by atomic mass is 9.99. The van der Waals surface area contributed by atoms with E-state index >= 15 is 0 Å². The fraction of sp³-hybridized carbons (Fsp3) is 0.360. The molecule has 1 aliphatic heterocycles. The number of carbonyl (C=O) groups is 1. The van der Waals surface area contributed by atoms with Crippen LogP contribution in [-0.4, -0.2) is 30.2 Å². The van der Waals surface area contributed by atoms with Gasteiger partial charge in [-0.2, -0.15) is 0 Å². The monoisotopic (exact) mass is 470 g/mol. The van der Waals surface area contributed by atoms with E-state index in [0.29, 0.717) is 18.2 Å². The molecule has 8 heteroatoms. The van der Waals surface area contributed by atoms with Gasteiger partial charge in [0.1, 0.15) is 11.6 Å². The molecule has 1 aromatic heterocycles. The van der Waals surface area contributed by atoms with Crippen LogP contribution in [0.4, 0.5) is 15.8 Å². The highest BCUT2D eigenvalue weighted by Gasteiger charge is 2.21. The highest BCUT2D eigenvalue weighted by molar-refractivity contribution is 6.30. The first-order valence-electron chi connectivity index (χ1n) is 11.1. The number of carbonyl (C=O) groups excluding carboxylic acids is 1. The van der Waals surface area contributed by atoms with E-state index in [4.69, 9.17) is 16.1 Å². The summed E-state index contributed by atoms with van der Waals surface area (Å²) in [6.07, 6.45) is 1.41. The number of nitrogens with zero attached hydrogens (tertiary/aromatic N) is 1. The van der Waals surface area contributed by atoms with Crippen molar-refractivity contribution in [2.75, 3.05) is 23.7 Å². The Morgan fingerprint density at radius 2 is 2.09 bits per heavy atom. The molecule has 3 N–H and O–H groups in total. The molecule has 0 radical (unpaired) electrons. The third-order valence-corrected chi connectivity index (χ3v) is 6.30. The van der Waals surface area contributed by atoms with Crippen molar-refractivity contribution in [3.8, 4) is 11.1 Å². The topological polar surface area (TPSA) is 79.2 Å². The van der Waals surface area contributed by atoms with Gasteiger partial charge in [-0.3, -0.25) is 4.79 Å². The van der Waals surface area contributed by atoms with Crippen molar-refractivity contribution in [2.24, 2.45) is 5.92 Å². The number of benzene rings is 2. The van der Waals surface area contributed by atoms with Crippen LogP contribution in [-0.2, 0) is 11.2 Å². The average molecular weight is 471 g/mol. The number of amides is 1. The zero-order chi connectivity index (χ0) is 23.5. The number of hydrogen-bond acceptors (Lipinski definition) is 5. The van der Waals surface area contributed by atoms with Crippen LogP contribution < -0.4 is 16.0 Å². The van der Waals surface area contributed by atoms with Crippen LogP contribution in [0.5, 0.6) is 0 Å². The molecule has 1 saturated heterocycles. The first-order chi connectivity index (χ1) is 15.8. The third kappa shape index (κ3) is 5.37. The van der Waals surface area contributed by atoms with Crippen molar-refractivity contribution in [2.45, 2.75) is 39.7 Å². The summed E-state index contributed by atoms with van der Waals surface area (Å²) in [5, 5.41) is 14.1. The van der Waals surface area contributed by atoms with Crippen LogP contribution in [0.3, 0.4) is 0 Å². The van der Waals surface area contributed by atoms with Crippen LogP contribution in [0.2, 0.25) is 5.02 Å². The lowest BCUT2D eigenvalue weighted by Crippen LogP contribution is -2.25. The fourth-order valence-electron chi connectivity index (χ4n) is 4.19. The van der Waals surface area contributed by atoms with E-state index in [1.165, 1.54) is 12.1 Å². The van der Waals surface area contributed by atoms with E-state index in [1.54, 1.807) is 6.07 Å². The van der Waals surface area contributed by atoms with Gasteiger partial charge in [-0.1, -0.05) is 35.8 Å². The Balaban J connectivity index is 1.58. The summed E-state index contributed by atoms with van der Waals surface area (Å²) in [4.78, 5) is 13.1. The van der Waals surface area contributed by atoms with Crippen molar-refractivity contribution in [3.05, 3.63) is 64.3 Å². The van der Waals surface area contributed by atoms with Gasteiger partial charge in [0, 0.05) is 24.1 Å². The predicted molar refractivity (Wildman–Crippen MR) is 129 cm³/mol. The van der Waals surface area contributed by atoms with Gasteiger partial charge in [-0.15, -0.1) is 0 Å². The molecule has 2 aromatic carbocycles. The van der Waals surface area contributed by atoms with Gasteiger partial charge in [-0.05, 0) is 68.6 Å². The smallest absolute Gasteiger partial charge is 0.227 e. The van der Waals surface area contributed by atoms with E-state index in [0.717, 1.165) is 53.3 Å². The molecule has 0 spiro atoms. The van der Waals surface area contributed by atoms with Crippen molar-refractivity contribution in [1.82, 2.24) is 10.5 Å². The Bertz CT molecular complexity index is 1140. The van der Waals surface area contributed by atoms with Crippen LogP contribution in [0.15, 0.2) is 40.9 Å². The Kier molecular flexibility index (Phi) is 7.00. The quantitative estimate of drug-likeness (QED) is 0.434. The van der Waals surface area contributed by atoms with Crippen LogP contribution in [0.25, 0.3) is 11.1 Å². The summed E-state index contributed by atoms with van der Waals surface area (Å²) in [6, 6.07) is 10.9. The standard InChI is InChI=1S/C25H28ClFN4O2/c1-14(10-17-4-6-20(26)21(27)11-17)25(32)30-23-12-18(24-15(2)31-33-16(24)3)5-7-22(23)29-19-8-9-28-13-19/h4-7,11-12,14,19,28-29H,8-10,13H2,1-3H3,(H,30,32). The molecule has 174 valence electrons. The van der Waals surface area contributed by atoms with Gasteiger partial charge >= 0.3 is 0 Å². The molecule has 3 aromatic rings. The van der Waals surface area contributed by atoms with Gasteiger partial charge in [-0.25, -0.2) is 4.39 Å². The fourth-order valence-corrected chi connectivity index (χ4v) is 4.31. The minimum atomic E-state index is -0.481. The number of anilines is 2. The molecule has 33 heavy (non-hydrogen) atoms. The highest BCUT2D eigenvalue weighted by Crippen LogP contribution is 2.33. The van der Waals surface area contributed by atoms with Gasteiger partial charge in [0.05, 0.1) is 22.1 Å². The van der Waals surface area contributed by atoms with Crippen molar-refractivity contribution >= 4 is 28.9 Å². The maximum atomic E-state index is 13.8. The SMILES string of the molecule is Cc1noc(C)c1-c1ccc(NC2CCNC2)c(NC(=O)C(C)Cc2ccc(Cl)c(F)c2)c1. The second-order valence-electron chi connectivity index (χ2n) is 8.64. The lowest BCUT2D eigenvalue weighted by Gasteiger charge is -2.20. The third-order valence-electron chi connectivity index (χ3n) is 5.99. The first kappa shape index (κ1) is 23.3. The summed E-state index contributed by atoms with van der Waals surface area (Å²) in [5.74, 6) is -0.266. The molecule has 1 fully saturated rings. The molecule has 1 amide bonds. The van der Waals surface area contributed by atoms with E-state index in [2.05, 4.69) is 21.1 Å². The van der Waals surface area contributed by atoms with E-state index in [1.807, 2.05) is 39.0 Å². The maximum absolute atomic E-state index is 13.8. The van der Waals surface area contributed by atoms with Crippen LogP contribution in [0.1, 0.15) is 30.4 Å². The predicted octanol–water partition coefficient (Wildman–Crippen LogP) is 5.34. The first-order valence-corrected chi connectivity index (χ1v) is 11.5. The molecule has 6 nitrogen and oxygen atoms in total. The number of hydrogen-bond donors (Lipinski definition) is 3. The minimum Gasteiger partial charge on any atom is -0.379 e. The Hall–Kier alpha value is -2.90. The van der Waals surface area contributed by atoms with Gasteiger partial charge in [0.2, 0.25) is 5.91 Å². The zero-order valence-corrected chi connectivity index (χ0v) is 19.7. The number of aromatic nitrogens is 1. The van der Waals surface area contributed by atoms with Crippen molar-refractivity contribution in [3.63, 3.8) is 0 Å². The Morgan fingerprint density at radius 3 is 2.76 bits per heavy atom. The van der Waals surface area contributed by atoms with E-state index in [9.17, 15) is 9.18 Å². The number of halogens is 2. The second-order valence-corrected chi connectivity index (χ2v) is 9.04. The van der Waals surface area contributed by atoms with Gasteiger partial charge in [0.25, 0.3) is 0 Å². The minimum absolute atomic E-state index is 0.0733.